The summed E-state index contributed by atoms with van der Waals surface area (Å²) in [5.74, 6) is 2.48. The van der Waals surface area contributed by atoms with E-state index in [-0.39, 0.29) is 6.42 Å². The maximum Gasteiger partial charge on any atom is 0.122 e. The predicted molar refractivity (Wildman–Crippen MR) is 44.0 cm³/mol. The lowest BCUT2D eigenvalue weighted by molar-refractivity contribution is -0.112. The molecule has 0 radical (unpaired) electrons. The zero-order valence-corrected chi connectivity index (χ0v) is 6.84. The molecule has 0 fully saturated rings. The second-order valence-corrected chi connectivity index (χ2v) is 2.93. The lowest BCUT2D eigenvalue weighted by Crippen LogP contribution is -2.24. The third-order valence-electron chi connectivity index (χ3n) is 1.56. The topological polar surface area (TPSA) is 37.3 Å². The Labute approximate surface area is 67.6 Å². The van der Waals surface area contributed by atoms with E-state index >= 15 is 0 Å². The van der Waals surface area contributed by atoms with Gasteiger partial charge in [0.2, 0.25) is 0 Å². The molecule has 0 bridgehead atoms. The number of terminal acetylenes is 1. The van der Waals surface area contributed by atoms with Crippen LogP contribution in [-0.2, 0) is 4.79 Å². The van der Waals surface area contributed by atoms with Gasteiger partial charge in [-0.15, -0.1) is 12.3 Å². The van der Waals surface area contributed by atoms with Crippen molar-refractivity contribution in [3.8, 4) is 12.3 Å². The summed E-state index contributed by atoms with van der Waals surface area (Å²) in [7, 11) is 0. The van der Waals surface area contributed by atoms with Crippen molar-refractivity contribution in [2.75, 3.05) is 0 Å². The van der Waals surface area contributed by atoms with E-state index in [9.17, 15) is 9.90 Å². The van der Waals surface area contributed by atoms with Crippen molar-refractivity contribution >= 4 is 6.29 Å². The molecule has 62 valence electrons. The fraction of sp³-hybridized carbons (Fsp3) is 0.667. The van der Waals surface area contributed by atoms with Crippen LogP contribution < -0.4 is 0 Å². The van der Waals surface area contributed by atoms with Crippen LogP contribution in [0, 0.1) is 12.3 Å². The van der Waals surface area contributed by atoms with Crippen molar-refractivity contribution in [2.24, 2.45) is 0 Å². The highest BCUT2D eigenvalue weighted by Gasteiger charge is 2.18. The fourth-order valence-electron chi connectivity index (χ4n) is 0.853. The number of aldehydes is 1. The van der Waals surface area contributed by atoms with Crippen LogP contribution in [0.3, 0.4) is 0 Å². The van der Waals surface area contributed by atoms with Crippen LogP contribution >= 0.6 is 0 Å². The quantitative estimate of drug-likeness (QED) is 0.366. The first-order valence-electron chi connectivity index (χ1n) is 3.72. The van der Waals surface area contributed by atoms with Gasteiger partial charge in [-0.25, -0.2) is 0 Å². The Hall–Kier alpha value is -0.810. The summed E-state index contributed by atoms with van der Waals surface area (Å²) in [6.07, 6.45) is 7.98. The van der Waals surface area contributed by atoms with Gasteiger partial charge >= 0.3 is 0 Å². The van der Waals surface area contributed by atoms with Gasteiger partial charge in [0.1, 0.15) is 6.29 Å². The molecule has 0 aliphatic carbocycles. The molecular weight excluding hydrogens is 140 g/mol. The first kappa shape index (κ1) is 10.2. The average molecular weight is 154 g/mol. The van der Waals surface area contributed by atoms with E-state index in [2.05, 4.69) is 5.92 Å². The Kier molecular flexibility index (Phi) is 4.56. The monoisotopic (exact) mass is 154 g/mol. The fourth-order valence-corrected chi connectivity index (χ4v) is 0.853. The highest BCUT2D eigenvalue weighted by atomic mass is 16.3. The molecule has 0 amide bonds. The molecule has 2 heteroatoms. The standard InChI is InChI=1S/C9H14O2/c1-3-4-5-6-9(2,11)7-8-10/h1,8,11H,4-7H2,2H3. The van der Waals surface area contributed by atoms with Gasteiger partial charge in [-0.1, -0.05) is 0 Å². The van der Waals surface area contributed by atoms with E-state index in [1.54, 1.807) is 6.92 Å². The molecule has 1 N–H and O–H groups in total. The molecule has 0 saturated heterocycles. The van der Waals surface area contributed by atoms with Crippen molar-refractivity contribution in [3.63, 3.8) is 0 Å². The summed E-state index contributed by atoms with van der Waals surface area (Å²) in [6, 6.07) is 0. The van der Waals surface area contributed by atoms with Crippen LogP contribution in [-0.4, -0.2) is 17.0 Å². The minimum atomic E-state index is -0.862. The molecule has 0 spiro atoms. The molecular formula is C9H14O2. The number of unbranched alkanes of at least 4 members (excludes halogenated alkanes) is 1. The Morgan fingerprint density at radius 3 is 2.82 bits per heavy atom. The third kappa shape index (κ3) is 5.63. The second-order valence-electron chi connectivity index (χ2n) is 2.93. The lowest BCUT2D eigenvalue weighted by atomic mass is 9.96. The number of aliphatic hydroxyl groups is 1. The van der Waals surface area contributed by atoms with Gasteiger partial charge < -0.3 is 9.90 Å². The summed E-state index contributed by atoms with van der Waals surface area (Å²) in [5.41, 5.74) is -0.862. The van der Waals surface area contributed by atoms with Gasteiger partial charge in [0.05, 0.1) is 5.60 Å². The first-order chi connectivity index (χ1) is 5.12. The Bertz CT molecular complexity index is 153. The van der Waals surface area contributed by atoms with Crippen LogP contribution in [0.5, 0.6) is 0 Å². The van der Waals surface area contributed by atoms with Gasteiger partial charge in [-0.05, 0) is 19.8 Å². The van der Waals surface area contributed by atoms with E-state index in [0.717, 1.165) is 12.7 Å². The third-order valence-corrected chi connectivity index (χ3v) is 1.56. The van der Waals surface area contributed by atoms with Gasteiger partial charge in [0.15, 0.2) is 0 Å². The Balaban J connectivity index is 3.55. The molecule has 2 nitrogen and oxygen atoms in total. The Morgan fingerprint density at radius 1 is 1.73 bits per heavy atom. The second kappa shape index (κ2) is 4.92. The molecule has 0 aliphatic rings. The molecule has 1 unspecified atom stereocenters. The van der Waals surface area contributed by atoms with Crippen LogP contribution in [0.15, 0.2) is 0 Å². The first-order valence-corrected chi connectivity index (χ1v) is 3.72. The zero-order valence-electron chi connectivity index (χ0n) is 6.84. The average Bonchev–Trinajstić information content (AvgIpc) is 1.87. The zero-order chi connectivity index (χ0) is 8.74. The van der Waals surface area contributed by atoms with E-state index in [4.69, 9.17) is 6.42 Å². The molecule has 0 aromatic carbocycles. The van der Waals surface area contributed by atoms with E-state index in [0.29, 0.717) is 12.8 Å². The van der Waals surface area contributed by atoms with Gasteiger partial charge in [0, 0.05) is 12.8 Å². The summed E-state index contributed by atoms with van der Waals surface area (Å²) in [6.45, 7) is 1.65. The van der Waals surface area contributed by atoms with Crippen LogP contribution in [0.2, 0.25) is 0 Å². The normalized spacial score (nSPS) is 15.0. The number of hydrogen-bond donors (Lipinski definition) is 1. The molecule has 0 aliphatic heterocycles. The van der Waals surface area contributed by atoms with Crippen LogP contribution in [0.25, 0.3) is 0 Å². The summed E-state index contributed by atoms with van der Waals surface area (Å²) in [5, 5.41) is 9.44. The van der Waals surface area contributed by atoms with Crippen molar-refractivity contribution in [2.45, 2.75) is 38.2 Å². The van der Waals surface area contributed by atoms with Gasteiger partial charge in [-0.3, -0.25) is 0 Å². The molecule has 0 heterocycles. The highest BCUT2D eigenvalue weighted by molar-refractivity contribution is 5.51. The maximum absolute atomic E-state index is 10.1. The summed E-state index contributed by atoms with van der Waals surface area (Å²) in [4.78, 5) is 10.1. The largest absolute Gasteiger partial charge is 0.390 e. The summed E-state index contributed by atoms with van der Waals surface area (Å²) >= 11 is 0. The van der Waals surface area contributed by atoms with Crippen molar-refractivity contribution < 1.29 is 9.90 Å². The van der Waals surface area contributed by atoms with E-state index in [1.165, 1.54) is 0 Å². The minimum absolute atomic E-state index is 0.192. The van der Waals surface area contributed by atoms with Gasteiger partial charge in [0.25, 0.3) is 0 Å². The smallest absolute Gasteiger partial charge is 0.122 e. The van der Waals surface area contributed by atoms with Crippen molar-refractivity contribution in [1.82, 2.24) is 0 Å². The van der Waals surface area contributed by atoms with Crippen molar-refractivity contribution in [1.29, 1.82) is 0 Å². The molecule has 0 aromatic rings. The number of carbonyl (C=O) groups excluding carboxylic acids is 1. The highest BCUT2D eigenvalue weighted by Crippen LogP contribution is 2.15. The number of carbonyl (C=O) groups is 1. The van der Waals surface area contributed by atoms with Crippen LogP contribution in [0.4, 0.5) is 0 Å². The summed E-state index contributed by atoms with van der Waals surface area (Å²) < 4.78 is 0. The van der Waals surface area contributed by atoms with E-state index < -0.39 is 5.60 Å². The minimum Gasteiger partial charge on any atom is -0.390 e. The molecule has 11 heavy (non-hydrogen) atoms. The maximum atomic E-state index is 10.1. The lowest BCUT2D eigenvalue weighted by Gasteiger charge is -2.19. The SMILES string of the molecule is C#CCCCC(C)(O)CC=O. The van der Waals surface area contributed by atoms with E-state index in [1.807, 2.05) is 0 Å². The molecule has 1 atom stereocenters. The predicted octanol–water partition coefficient (Wildman–Crippen LogP) is 1.13. The molecule has 0 aromatic heterocycles. The Morgan fingerprint density at radius 2 is 2.36 bits per heavy atom. The number of rotatable bonds is 5. The van der Waals surface area contributed by atoms with Gasteiger partial charge in [-0.2, -0.15) is 0 Å². The van der Waals surface area contributed by atoms with Crippen LogP contribution in [0.1, 0.15) is 32.6 Å². The molecule has 0 saturated carbocycles. The molecule has 0 rings (SSSR count). The van der Waals surface area contributed by atoms with Crippen molar-refractivity contribution in [3.05, 3.63) is 0 Å². The number of hydrogen-bond acceptors (Lipinski definition) is 2.